The average molecular weight is 367 g/mol. The van der Waals surface area contributed by atoms with E-state index >= 15 is 0 Å². The Hall–Kier alpha value is -0.990. The summed E-state index contributed by atoms with van der Waals surface area (Å²) < 4.78 is 30.4. The third-order valence-electron chi connectivity index (χ3n) is 5.31. The lowest BCUT2D eigenvalue weighted by Crippen LogP contribution is -2.50. The van der Waals surface area contributed by atoms with E-state index in [2.05, 4.69) is 38.4 Å². The Balaban J connectivity index is 1.65. The first-order valence-corrected chi connectivity index (χ1v) is 10.8. The molecular formula is C18H30N4O2S. The van der Waals surface area contributed by atoms with Crippen LogP contribution in [0.25, 0.3) is 0 Å². The highest BCUT2D eigenvalue weighted by molar-refractivity contribution is 7.87. The highest BCUT2D eigenvalue weighted by atomic mass is 32.2. The number of likely N-dealkylation sites (N-methyl/N-ethyl adjacent to an activating group) is 1. The highest BCUT2D eigenvalue weighted by Crippen LogP contribution is 2.22. The molecule has 1 saturated carbocycles. The highest BCUT2D eigenvalue weighted by Gasteiger charge is 2.26. The summed E-state index contributed by atoms with van der Waals surface area (Å²) >= 11 is 0. The molecule has 25 heavy (non-hydrogen) atoms. The number of nitrogens with one attached hydrogen (secondary N) is 2. The lowest BCUT2D eigenvalue weighted by Gasteiger charge is -2.38. The second kappa shape index (κ2) is 8.60. The van der Waals surface area contributed by atoms with Gasteiger partial charge in [-0.15, -0.1) is 0 Å². The lowest BCUT2D eigenvalue weighted by molar-refractivity contribution is 0.113. The number of hydrogen-bond donors (Lipinski definition) is 2. The SMILES string of the molecule is CN1CCN(C(CNS(=O)(=O)NC2CCCC2)c2ccccc2)CC1. The molecule has 7 heteroatoms. The van der Waals surface area contributed by atoms with Gasteiger partial charge in [-0.05, 0) is 25.5 Å². The number of benzene rings is 1. The van der Waals surface area contributed by atoms with Crippen LogP contribution in [0.3, 0.4) is 0 Å². The molecule has 2 N–H and O–H groups in total. The second-order valence-corrected chi connectivity index (χ2v) is 8.75. The Morgan fingerprint density at radius 1 is 1.08 bits per heavy atom. The lowest BCUT2D eigenvalue weighted by atomic mass is 10.0. The number of hydrogen-bond acceptors (Lipinski definition) is 4. The molecule has 1 aliphatic heterocycles. The molecule has 0 radical (unpaired) electrons. The Morgan fingerprint density at radius 2 is 1.72 bits per heavy atom. The molecule has 6 nitrogen and oxygen atoms in total. The van der Waals surface area contributed by atoms with E-state index in [-0.39, 0.29) is 12.1 Å². The van der Waals surface area contributed by atoms with Crippen LogP contribution in [0.1, 0.15) is 37.3 Å². The maximum Gasteiger partial charge on any atom is 0.277 e. The molecule has 3 rings (SSSR count). The topological polar surface area (TPSA) is 64.7 Å². The van der Waals surface area contributed by atoms with Crippen molar-refractivity contribution < 1.29 is 8.42 Å². The molecule has 1 unspecified atom stereocenters. The molecule has 1 heterocycles. The standard InChI is InChI=1S/C18H30N4O2S/c1-21-11-13-22(14-12-21)18(16-7-3-2-4-8-16)15-19-25(23,24)20-17-9-5-6-10-17/h2-4,7-8,17-20H,5-6,9-15H2,1H3. The minimum absolute atomic E-state index is 0.0649. The maximum absolute atomic E-state index is 12.4. The Morgan fingerprint density at radius 3 is 2.36 bits per heavy atom. The summed E-state index contributed by atoms with van der Waals surface area (Å²) in [7, 11) is -1.33. The minimum atomic E-state index is -3.45. The predicted octanol–water partition coefficient (Wildman–Crippen LogP) is 1.34. The Kier molecular flexibility index (Phi) is 6.46. The fourth-order valence-electron chi connectivity index (χ4n) is 3.76. The van der Waals surface area contributed by atoms with Gasteiger partial charge >= 0.3 is 0 Å². The van der Waals surface area contributed by atoms with Crippen LogP contribution >= 0.6 is 0 Å². The number of piperazine rings is 1. The molecule has 1 aromatic rings. The van der Waals surface area contributed by atoms with E-state index in [1.807, 2.05) is 18.2 Å². The van der Waals surface area contributed by atoms with Crippen molar-refractivity contribution in [2.45, 2.75) is 37.8 Å². The van der Waals surface area contributed by atoms with Crippen molar-refractivity contribution in [1.29, 1.82) is 0 Å². The minimum Gasteiger partial charge on any atom is -0.304 e. The van der Waals surface area contributed by atoms with Crippen molar-refractivity contribution in [1.82, 2.24) is 19.2 Å². The largest absolute Gasteiger partial charge is 0.304 e. The summed E-state index contributed by atoms with van der Waals surface area (Å²) in [5.74, 6) is 0. The smallest absolute Gasteiger partial charge is 0.277 e. The van der Waals surface area contributed by atoms with Gasteiger partial charge in [0.15, 0.2) is 0 Å². The van der Waals surface area contributed by atoms with Crippen LogP contribution in [-0.4, -0.2) is 64.0 Å². The van der Waals surface area contributed by atoms with Gasteiger partial charge in [-0.1, -0.05) is 43.2 Å². The second-order valence-electron chi connectivity index (χ2n) is 7.22. The molecule has 1 aromatic carbocycles. The summed E-state index contributed by atoms with van der Waals surface area (Å²) in [5, 5.41) is 0. The van der Waals surface area contributed by atoms with Crippen LogP contribution in [0.2, 0.25) is 0 Å². The summed E-state index contributed by atoms with van der Waals surface area (Å²) in [4.78, 5) is 4.69. The zero-order valence-corrected chi connectivity index (χ0v) is 15.8. The van der Waals surface area contributed by atoms with Gasteiger partial charge in [-0.2, -0.15) is 13.1 Å². The summed E-state index contributed by atoms with van der Waals surface area (Å²) in [6, 6.07) is 10.4. The van der Waals surface area contributed by atoms with Gasteiger partial charge in [0.2, 0.25) is 0 Å². The van der Waals surface area contributed by atoms with Crippen molar-refractivity contribution >= 4 is 10.2 Å². The van der Waals surface area contributed by atoms with Crippen molar-refractivity contribution in [3.05, 3.63) is 35.9 Å². The van der Waals surface area contributed by atoms with Crippen molar-refractivity contribution in [3.63, 3.8) is 0 Å². The van der Waals surface area contributed by atoms with Gasteiger partial charge in [0.1, 0.15) is 0 Å². The van der Waals surface area contributed by atoms with E-state index in [1.165, 1.54) is 0 Å². The Bertz CT molecular complexity index is 624. The monoisotopic (exact) mass is 366 g/mol. The van der Waals surface area contributed by atoms with Gasteiger partial charge in [0.05, 0.1) is 0 Å². The molecule has 2 fully saturated rings. The van der Waals surface area contributed by atoms with Crippen LogP contribution < -0.4 is 9.44 Å². The molecule has 0 spiro atoms. The first-order chi connectivity index (χ1) is 12.0. The average Bonchev–Trinajstić information content (AvgIpc) is 3.10. The zero-order chi connectivity index (χ0) is 17.7. The molecule has 1 aliphatic carbocycles. The molecule has 0 bridgehead atoms. The van der Waals surface area contributed by atoms with Gasteiger partial charge in [-0.3, -0.25) is 4.90 Å². The number of rotatable bonds is 7. The molecule has 2 aliphatic rings. The van der Waals surface area contributed by atoms with Gasteiger partial charge in [0.25, 0.3) is 10.2 Å². The first kappa shape index (κ1) is 18.8. The van der Waals surface area contributed by atoms with Gasteiger partial charge < -0.3 is 4.90 Å². The first-order valence-electron chi connectivity index (χ1n) is 9.28. The third-order valence-corrected chi connectivity index (χ3v) is 6.50. The molecule has 0 aromatic heterocycles. The Labute approximate surface area is 151 Å². The summed E-state index contributed by atoms with van der Waals surface area (Å²) in [6.45, 7) is 4.32. The quantitative estimate of drug-likeness (QED) is 0.764. The zero-order valence-electron chi connectivity index (χ0n) is 15.0. The summed E-state index contributed by atoms with van der Waals surface area (Å²) in [5.41, 5.74) is 1.16. The van der Waals surface area contributed by atoms with E-state index in [4.69, 9.17) is 0 Å². The van der Waals surface area contributed by atoms with Crippen LogP contribution in [0, 0.1) is 0 Å². The van der Waals surface area contributed by atoms with Crippen molar-refractivity contribution in [3.8, 4) is 0 Å². The maximum atomic E-state index is 12.4. The number of nitrogens with zero attached hydrogens (tertiary/aromatic N) is 2. The van der Waals surface area contributed by atoms with Crippen molar-refractivity contribution in [2.24, 2.45) is 0 Å². The molecule has 1 atom stereocenters. The van der Waals surface area contributed by atoms with Crippen LogP contribution in [0.5, 0.6) is 0 Å². The van der Waals surface area contributed by atoms with Crippen LogP contribution in [-0.2, 0) is 10.2 Å². The van der Waals surface area contributed by atoms with Crippen LogP contribution in [0.15, 0.2) is 30.3 Å². The van der Waals surface area contributed by atoms with Crippen molar-refractivity contribution in [2.75, 3.05) is 39.8 Å². The van der Waals surface area contributed by atoms with E-state index in [0.717, 1.165) is 57.4 Å². The van der Waals surface area contributed by atoms with Gasteiger partial charge in [0, 0.05) is 44.8 Å². The molecule has 1 saturated heterocycles. The summed E-state index contributed by atoms with van der Waals surface area (Å²) in [6.07, 6.45) is 4.12. The molecular weight excluding hydrogens is 336 g/mol. The third kappa shape index (κ3) is 5.49. The van der Waals surface area contributed by atoms with E-state index in [0.29, 0.717) is 6.54 Å². The van der Waals surface area contributed by atoms with Gasteiger partial charge in [-0.25, -0.2) is 4.72 Å². The van der Waals surface area contributed by atoms with E-state index in [9.17, 15) is 8.42 Å². The van der Waals surface area contributed by atoms with Crippen LogP contribution in [0.4, 0.5) is 0 Å². The molecule has 0 amide bonds. The normalized spacial score (nSPS) is 22.3. The van der Waals surface area contributed by atoms with E-state index in [1.54, 1.807) is 0 Å². The predicted molar refractivity (Wildman–Crippen MR) is 101 cm³/mol. The fraction of sp³-hybridized carbons (Fsp3) is 0.667. The fourth-order valence-corrected chi connectivity index (χ4v) is 4.90. The molecule has 140 valence electrons. The van der Waals surface area contributed by atoms with E-state index < -0.39 is 10.2 Å².